The van der Waals surface area contributed by atoms with Gasteiger partial charge in [-0.3, -0.25) is 4.90 Å². The first-order valence-corrected chi connectivity index (χ1v) is 8.28. The van der Waals surface area contributed by atoms with E-state index in [2.05, 4.69) is 21.7 Å². The summed E-state index contributed by atoms with van der Waals surface area (Å²) in [6, 6.07) is 8.72. The van der Waals surface area contributed by atoms with Crippen molar-refractivity contribution in [2.45, 2.75) is 13.5 Å². The minimum atomic E-state index is -0.456. The van der Waals surface area contributed by atoms with Crippen LogP contribution >= 0.6 is 0 Å². The van der Waals surface area contributed by atoms with Crippen molar-refractivity contribution < 1.29 is 9.13 Å². The number of piperazine rings is 1. The zero-order chi connectivity index (χ0) is 17.8. The third-order valence-corrected chi connectivity index (χ3v) is 4.61. The Kier molecular flexibility index (Phi) is 5.15. The molecule has 1 aliphatic heterocycles. The number of ether oxygens (including phenoxy) is 1. The summed E-state index contributed by atoms with van der Waals surface area (Å²) in [5.74, 6) is 0.170. The second-order valence-corrected chi connectivity index (χ2v) is 6.16. The Hall–Kier alpha value is -2.65. The standard InChI is InChI=1S/C19H21FN4O/c1-14-10-19(25-2)22-12-15(14)13-23-6-8-24(9-7-23)18-5-3-4-17(20)16(18)11-21/h3-5,10,12H,6-9,13H2,1-2H3. The molecule has 0 N–H and O–H groups in total. The molecule has 1 aliphatic rings. The highest BCUT2D eigenvalue weighted by atomic mass is 19.1. The van der Waals surface area contributed by atoms with E-state index in [-0.39, 0.29) is 5.56 Å². The first-order chi connectivity index (χ1) is 12.1. The van der Waals surface area contributed by atoms with Gasteiger partial charge in [0.25, 0.3) is 0 Å². The van der Waals surface area contributed by atoms with Crippen molar-refractivity contribution in [1.82, 2.24) is 9.88 Å². The monoisotopic (exact) mass is 340 g/mol. The maximum absolute atomic E-state index is 13.8. The summed E-state index contributed by atoms with van der Waals surface area (Å²) in [4.78, 5) is 8.71. The average molecular weight is 340 g/mol. The van der Waals surface area contributed by atoms with Crippen LogP contribution in [-0.4, -0.2) is 43.2 Å². The fourth-order valence-corrected chi connectivity index (χ4v) is 3.11. The van der Waals surface area contributed by atoms with Crippen LogP contribution in [0.15, 0.2) is 30.5 Å². The van der Waals surface area contributed by atoms with Crippen LogP contribution < -0.4 is 9.64 Å². The van der Waals surface area contributed by atoms with Crippen molar-refractivity contribution in [1.29, 1.82) is 5.26 Å². The molecular formula is C19H21FN4O. The molecule has 3 rings (SSSR count). The molecule has 1 aromatic carbocycles. The summed E-state index contributed by atoms with van der Waals surface area (Å²) in [6.07, 6.45) is 1.86. The SMILES string of the molecule is COc1cc(C)c(CN2CCN(c3cccc(F)c3C#N)CC2)cn1. The van der Waals surface area contributed by atoms with E-state index in [0.717, 1.165) is 38.3 Å². The molecule has 1 fully saturated rings. The fraction of sp³-hybridized carbons (Fsp3) is 0.368. The number of nitriles is 1. The van der Waals surface area contributed by atoms with Gasteiger partial charge in [-0.05, 0) is 30.2 Å². The highest BCUT2D eigenvalue weighted by Gasteiger charge is 2.21. The van der Waals surface area contributed by atoms with Crippen molar-refractivity contribution >= 4 is 5.69 Å². The number of anilines is 1. The Labute approximate surface area is 147 Å². The minimum absolute atomic E-state index is 0.131. The van der Waals surface area contributed by atoms with Gasteiger partial charge in [-0.25, -0.2) is 9.37 Å². The van der Waals surface area contributed by atoms with Crippen LogP contribution in [0.1, 0.15) is 16.7 Å². The topological polar surface area (TPSA) is 52.4 Å². The Balaban J connectivity index is 1.65. The number of aromatic nitrogens is 1. The summed E-state index contributed by atoms with van der Waals surface area (Å²) in [7, 11) is 1.61. The Bertz CT molecular complexity index is 794. The van der Waals surface area contributed by atoms with Crippen LogP contribution in [0.3, 0.4) is 0 Å². The molecule has 0 radical (unpaired) electrons. The minimum Gasteiger partial charge on any atom is -0.481 e. The molecule has 0 atom stereocenters. The largest absolute Gasteiger partial charge is 0.481 e. The van der Waals surface area contributed by atoms with E-state index < -0.39 is 5.82 Å². The molecule has 1 saturated heterocycles. The summed E-state index contributed by atoms with van der Waals surface area (Å²) in [5.41, 5.74) is 3.15. The molecule has 6 heteroatoms. The zero-order valence-electron chi connectivity index (χ0n) is 14.5. The predicted octanol–water partition coefficient (Wildman–Crippen LogP) is 2.73. The van der Waals surface area contributed by atoms with E-state index in [1.165, 1.54) is 11.6 Å². The van der Waals surface area contributed by atoms with E-state index >= 15 is 0 Å². The number of benzene rings is 1. The second kappa shape index (κ2) is 7.49. The van der Waals surface area contributed by atoms with Gasteiger partial charge in [0.05, 0.1) is 12.8 Å². The number of halogens is 1. The van der Waals surface area contributed by atoms with E-state index in [9.17, 15) is 9.65 Å². The molecule has 0 spiro atoms. The van der Waals surface area contributed by atoms with Gasteiger partial charge in [0.15, 0.2) is 0 Å². The third kappa shape index (κ3) is 3.72. The molecule has 0 unspecified atom stereocenters. The van der Waals surface area contributed by atoms with E-state index in [4.69, 9.17) is 4.74 Å². The number of pyridine rings is 1. The van der Waals surface area contributed by atoms with Gasteiger partial charge in [-0.15, -0.1) is 0 Å². The molecule has 0 aliphatic carbocycles. The molecule has 2 heterocycles. The lowest BCUT2D eigenvalue weighted by Gasteiger charge is -2.36. The molecule has 25 heavy (non-hydrogen) atoms. The lowest BCUT2D eigenvalue weighted by Crippen LogP contribution is -2.46. The molecule has 0 saturated carbocycles. The molecule has 2 aromatic rings. The number of aryl methyl sites for hydroxylation is 1. The van der Waals surface area contributed by atoms with Crippen molar-refractivity contribution in [3.63, 3.8) is 0 Å². The van der Waals surface area contributed by atoms with Crippen LogP contribution in [0.25, 0.3) is 0 Å². The van der Waals surface area contributed by atoms with Gasteiger partial charge < -0.3 is 9.64 Å². The summed E-state index contributed by atoms with van der Waals surface area (Å²) < 4.78 is 18.9. The van der Waals surface area contributed by atoms with E-state index in [1.807, 2.05) is 24.4 Å². The molecule has 130 valence electrons. The Morgan fingerprint density at radius 3 is 2.68 bits per heavy atom. The van der Waals surface area contributed by atoms with Crippen molar-refractivity contribution in [3.8, 4) is 11.9 Å². The van der Waals surface area contributed by atoms with Gasteiger partial charge in [0.2, 0.25) is 5.88 Å². The molecule has 5 nitrogen and oxygen atoms in total. The molecular weight excluding hydrogens is 319 g/mol. The van der Waals surface area contributed by atoms with Crippen LogP contribution in [0.2, 0.25) is 0 Å². The quantitative estimate of drug-likeness (QED) is 0.857. The summed E-state index contributed by atoms with van der Waals surface area (Å²) in [6.45, 7) is 6.12. The number of methoxy groups -OCH3 is 1. The lowest BCUT2D eigenvalue weighted by atomic mass is 10.1. The van der Waals surface area contributed by atoms with Crippen LogP contribution in [0.5, 0.6) is 5.88 Å². The third-order valence-electron chi connectivity index (χ3n) is 4.61. The summed E-state index contributed by atoms with van der Waals surface area (Å²) >= 11 is 0. The van der Waals surface area contributed by atoms with Crippen molar-refractivity contribution in [2.75, 3.05) is 38.2 Å². The summed E-state index contributed by atoms with van der Waals surface area (Å²) in [5, 5.41) is 9.21. The normalized spacial score (nSPS) is 15.0. The van der Waals surface area contributed by atoms with Crippen LogP contribution in [0.4, 0.5) is 10.1 Å². The molecule has 0 bridgehead atoms. The highest BCUT2D eigenvalue weighted by Crippen LogP contribution is 2.24. The van der Waals surface area contributed by atoms with Crippen molar-refractivity contribution in [2.24, 2.45) is 0 Å². The van der Waals surface area contributed by atoms with Crippen molar-refractivity contribution in [3.05, 3.63) is 53.0 Å². The van der Waals surface area contributed by atoms with E-state index in [1.54, 1.807) is 13.2 Å². The first-order valence-electron chi connectivity index (χ1n) is 8.28. The Morgan fingerprint density at radius 1 is 1.28 bits per heavy atom. The second-order valence-electron chi connectivity index (χ2n) is 6.16. The highest BCUT2D eigenvalue weighted by molar-refractivity contribution is 5.60. The van der Waals surface area contributed by atoms with Gasteiger partial charge >= 0.3 is 0 Å². The zero-order valence-corrected chi connectivity index (χ0v) is 14.5. The number of hydrogen-bond acceptors (Lipinski definition) is 5. The van der Waals surface area contributed by atoms with Gasteiger partial charge in [0.1, 0.15) is 17.4 Å². The Morgan fingerprint density at radius 2 is 2.04 bits per heavy atom. The lowest BCUT2D eigenvalue weighted by molar-refractivity contribution is 0.249. The van der Waals surface area contributed by atoms with Gasteiger partial charge in [0, 0.05) is 45.0 Å². The smallest absolute Gasteiger partial charge is 0.213 e. The van der Waals surface area contributed by atoms with Crippen LogP contribution in [-0.2, 0) is 6.54 Å². The fourth-order valence-electron chi connectivity index (χ4n) is 3.11. The maximum atomic E-state index is 13.8. The van der Waals surface area contributed by atoms with Crippen LogP contribution in [0, 0.1) is 24.1 Å². The van der Waals surface area contributed by atoms with E-state index in [0.29, 0.717) is 11.6 Å². The number of rotatable bonds is 4. The average Bonchev–Trinajstić information content (AvgIpc) is 2.64. The number of nitrogens with zero attached hydrogens (tertiary/aromatic N) is 4. The molecule has 1 aromatic heterocycles. The first kappa shape index (κ1) is 17.2. The predicted molar refractivity (Wildman–Crippen MR) is 94.1 cm³/mol. The number of hydrogen-bond donors (Lipinski definition) is 0. The maximum Gasteiger partial charge on any atom is 0.213 e. The molecule has 0 amide bonds. The van der Waals surface area contributed by atoms with Gasteiger partial charge in [-0.2, -0.15) is 5.26 Å². The van der Waals surface area contributed by atoms with Gasteiger partial charge in [-0.1, -0.05) is 6.07 Å².